The van der Waals surface area contributed by atoms with E-state index in [0.717, 1.165) is 30.0 Å². The summed E-state index contributed by atoms with van der Waals surface area (Å²) in [5, 5.41) is 21.6. The second-order valence-electron chi connectivity index (χ2n) is 13.4. The van der Waals surface area contributed by atoms with Gasteiger partial charge in [0.15, 0.2) is 6.10 Å². The maximum Gasteiger partial charge on any atom is 0.267 e. The molecule has 1 amide bonds. The number of hydrogen-bond donors (Lipinski definition) is 2. The molecule has 0 aromatic heterocycles. The number of carbonyl (C=O) groups excluding carboxylic acids is 1. The van der Waals surface area contributed by atoms with Crippen molar-refractivity contribution in [1.29, 1.82) is 0 Å². The van der Waals surface area contributed by atoms with Crippen LogP contribution in [-0.2, 0) is 19.6 Å². The molecule has 0 unspecified atom stereocenters. The first-order chi connectivity index (χ1) is 18.5. The van der Waals surface area contributed by atoms with Gasteiger partial charge in [0.2, 0.25) is 10.0 Å². The van der Waals surface area contributed by atoms with Crippen LogP contribution in [0.25, 0.3) is 0 Å². The van der Waals surface area contributed by atoms with Crippen molar-refractivity contribution in [3.63, 3.8) is 0 Å². The topological polar surface area (TPSA) is 104 Å². The SMILES string of the molecule is CCCCCCCCCC/C=C\CC[C@H](O)[C@@H]1CC[C@H]([C@H](O)C(=O)N2[C@H]3C[C@@H]4CC[C@@]3(CS2(=O)=O)C4(C)C)O1. The lowest BCUT2D eigenvalue weighted by Crippen LogP contribution is -2.50. The zero-order valence-corrected chi connectivity index (χ0v) is 25.3. The van der Waals surface area contributed by atoms with Gasteiger partial charge in [-0.3, -0.25) is 4.79 Å². The Morgan fingerprint density at radius 3 is 2.31 bits per heavy atom. The number of ether oxygens (including phenoxy) is 1. The van der Waals surface area contributed by atoms with Gasteiger partial charge in [0.25, 0.3) is 5.91 Å². The smallest absolute Gasteiger partial charge is 0.267 e. The molecular formula is C31H53NO6S. The third-order valence-electron chi connectivity index (χ3n) is 10.8. The van der Waals surface area contributed by atoms with Crippen LogP contribution in [-0.4, -0.2) is 65.1 Å². The molecule has 7 nitrogen and oxygen atoms in total. The highest BCUT2D eigenvalue weighted by molar-refractivity contribution is 7.90. The van der Waals surface area contributed by atoms with Gasteiger partial charge in [0.05, 0.1) is 30.1 Å². The second kappa shape index (κ2) is 12.9. The fraction of sp³-hybridized carbons (Fsp3) is 0.903. The Kier molecular flexibility index (Phi) is 10.3. The van der Waals surface area contributed by atoms with Gasteiger partial charge in [-0.1, -0.05) is 77.9 Å². The highest BCUT2D eigenvalue weighted by atomic mass is 32.2. The third-order valence-corrected chi connectivity index (χ3v) is 12.7. The molecule has 7 atom stereocenters. The van der Waals surface area contributed by atoms with Gasteiger partial charge in [0.1, 0.15) is 0 Å². The number of hydrogen-bond acceptors (Lipinski definition) is 6. The molecule has 0 aromatic carbocycles. The van der Waals surface area contributed by atoms with Crippen molar-refractivity contribution < 1.29 is 28.2 Å². The van der Waals surface area contributed by atoms with Gasteiger partial charge in [-0.2, -0.15) is 0 Å². The van der Waals surface area contributed by atoms with Crippen molar-refractivity contribution in [2.24, 2.45) is 16.7 Å². The van der Waals surface area contributed by atoms with Crippen molar-refractivity contribution >= 4 is 15.9 Å². The van der Waals surface area contributed by atoms with Crippen LogP contribution in [0.3, 0.4) is 0 Å². The lowest BCUT2D eigenvalue weighted by Gasteiger charge is -2.37. The molecule has 8 heteroatoms. The van der Waals surface area contributed by atoms with E-state index in [1.54, 1.807) is 0 Å². The van der Waals surface area contributed by atoms with Crippen LogP contribution in [0.15, 0.2) is 12.2 Å². The Morgan fingerprint density at radius 1 is 0.974 bits per heavy atom. The zero-order valence-electron chi connectivity index (χ0n) is 24.5. The number of aliphatic hydroxyl groups excluding tert-OH is 2. The van der Waals surface area contributed by atoms with Crippen LogP contribution in [0.1, 0.15) is 124 Å². The Bertz CT molecular complexity index is 964. The Balaban J connectivity index is 1.18. The minimum Gasteiger partial charge on any atom is -0.390 e. The number of unbranched alkanes of at least 4 members (excludes halogenated alkanes) is 8. The average molecular weight is 568 g/mol. The normalized spacial score (nSPS) is 34.1. The predicted molar refractivity (Wildman–Crippen MR) is 153 cm³/mol. The van der Waals surface area contributed by atoms with Crippen LogP contribution in [0.5, 0.6) is 0 Å². The average Bonchev–Trinajstić information content (AvgIpc) is 3.59. The lowest BCUT2D eigenvalue weighted by molar-refractivity contribution is -0.148. The summed E-state index contributed by atoms with van der Waals surface area (Å²) >= 11 is 0. The molecule has 2 N–H and O–H groups in total. The summed E-state index contributed by atoms with van der Waals surface area (Å²) in [7, 11) is -3.78. The molecule has 2 heterocycles. The van der Waals surface area contributed by atoms with Crippen LogP contribution in [0.4, 0.5) is 0 Å². The Labute approximate surface area is 236 Å². The number of rotatable bonds is 15. The number of aliphatic hydroxyl groups is 2. The molecule has 0 aromatic rings. The van der Waals surface area contributed by atoms with E-state index in [-0.39, 0.29) is 17.2 Å². The predicted octanol–water partition coefficient (Wildman–Crippen LogP) is 5.49. The monoisotopic (exact) mass is 567 g/mol. The first kappa shape index (κ1) is 31.0. The van der Waals surface area contributed by atoms with Gasteiger partial charge < -0.3 is 14.9 Å². The van der Waals surface area contributed by atoms with Crippen LogP contribution in [0.2, 0.25) is 0 Å². The Morgan fingerprint density at radius 2 is 1.62 bits per heavy atom. The maximum atomic E-state index is 13.4. The summed E-state index contributed by atoms with van der Waals surface area (Å²) in [6, 6.07) is -0.362. The van der Waals surface area contributed by atoms with E-state index in [1.165, 1.54) is 51.4 Å². The summed E-state index contributed by atoms with van der Waals surface area (Å²) in [4.78, 5) is 13.4. The largest absolute Gasteiger partial charge is 0.390 e. The number of nitrogens with zero attached hydrogens (tertiary/aromatic N) is 1. The minimum absolute atomic E-state index is 0.00788. The van der Waals surface area contributed by atoms with Gasteiger partial charge in [-0.05, 0) is 69.1 Å². The number of sulfonamides is 1. The molecule has 2 aliphatic carbocycles. The fourth-order valence-electron chi connectivity index (χ4n) is 8.16. The molecule has 2 bridgehead atoms. The summed E-state index contributed by atoms with van der Waals surface area (Å²) in [6.07, 6.45) is 17.3. The van der Waals surface area contributed by atoms with E-state index in [4.69, 9.17) is 4.74 Å². The van der Waals surface area contributed by atoms with Gasteiger partial charge in [-0.25, -0.2) is 12.7 Å². The molecule has 4 fully saturated rings. The molecule has 2 aliphatic heterocycles. The molecule has 0 radical (unpaired) electrons. The van der Waals surface area contributed by atoms with Gasteiger partial charge in [-0.15, -0.1) is 0 Å². The first-order valence-electron chi connectivity index (χ1n) is 15.8. The summed E-state index contributed by atoms with van der Waals surface area (Å²) in [6.45, 7) is 6.53. The maximum absolute atomic E-state index is 13.4. The highest BCUT2D eigenvalue weighted by Crippen LogP contribution is 2.70. The van der Waals surface area contributed by atoms with E-state index in [0.29, 0.717) is 31.6 Å². The molecule has 2 saturated carbocycles. The molecule has 39 heavy (non-hydrogen) atoms. The standard InChI is InChI=1S/C31H53NO6S/c1-4-5-6-7-8-9-10-11-12-13-14-15-16-24(33)25-17-18-26(38-25)28(34)29(35)32-27-21-23-19-20-31(27,30(23,2)3)22-39(32,36)37/h13-14,23-28,33-34H,4-12,15-22H2,1-3H3/b14-13-/t23-,24-,25-,26+,27-,28-,31-/m0/s1. The minimum atomic E-state index is -3.78. The van der Waals surface area contributed by atoms with Crippen LogP contribution >= 0.6 is 0 Å². The van der Waals surface area contributed by atoms with Gasteiger partial charge >= 0.3 is 0 Å². The van der Waals surface area contributed by atoms with E-state index >= 15 is 0 Å². The fourth-order valence-corrected chi connectivity index (χ4v) is 10.7. The molecular weight excluding hydrogens is 514 g/mol. The van der Waals surface area contributed by atoms with Crippen molar-refractivity contribution in [2.45, 2.75) is 154 Å². The van der Waals surface area contributed by atoms with Crippen LogP contribution < -0.4 is 0 Å². The van der Waals surface area contributed by atoms with E-state index < -0.39 is 45.8 Å². The molecule has 224 valence electrons. The molecule has 2 saturated heterocycles. The summed E-state index contributed by atoms with van der Waals surface area (Å²) in [5.41, 5.74) is -0.547. The van der Waals surface area contributed by atoms with Crippen molar-refractivity contribution in [3.8, 4) is 0 Å². The molecule has 4 rings (SSSR count). The molecule has 4 aliphatic rings. The van der Waals surface area contributed by atoms with Crippen molar-refractivity contribution in [2.75, 3.05) is 5.75 Å². The number of allylic oxidation sites excluding steroid dienone is 2. The second-order valence-corrected chi connectivity index (χ2v) is 15.2. The van der Waals surface area contributed by atoms with Crippen LogP contribution in [0, 0.1) is 16.7 Å². The van der Waals surface area contributed by atoms with Crippen molar-refractivity contribution in [3.05, 3.63) is 12.2 Å². The summed E-state index contributed by atoms with van der Waals surface area (Å²) in [5.74, 6) is -0.349. The van der Waals surface area contributed by atoms with E-state index in [9.17, 15) is 23.4 Å². The van der Waals surface area contributed by atoms with E-state index in [2.05, 4.69) is 32.9 Å². The lowest BCUT2D eigenvalue weighted by atomic mass is 9.69. The third kappa shape index (κ3) is 6.29. The van der Waals surface area contributed by atoms with Crippen molar-refractivity contribution in [1.82, 2.24) is 4.31 Å². The number of carbonyl (C=O) groups is 1. The summed E-state index contributed by atoms with van der Waals surface area (Å²) < 4.78 is 33.3. The van der Waals surface area contributed by atoms with E-state index in [1.807, 2.05) is 0 Å². The molecule has 1 spiro atoms. The highest BCUT2D eigenvalue weighted by Gasteiger charge is 2.72. The number of amides is 1. The quantitative estimate of drug-likeness (QED) is 0.200. The zero-order chi connectivity index (χ0) is 28.3. The van der Waals surface area contributed by atoms with Gasteiger partial charge in [0, 0.05) is 5.41 Å². The first-order valence-corrected chi connectivity index (χ1v) is 17.4. The number of fused-ring (bicyclic) bond motifs is 1. The Hall–Kier alpha value is -0.960.